The van der Waals surface area contributed by atoms with E-state index in [9.17, 15) is 9.59 Å². The standard InChI is InChI=1S/C23H28N2O2/c1-17-10-8-9-15-20(17)24-22(26)16-21(18-11-4-2-5-12-18)25-23(27)19-13-6-3-7-14-19/h2-7,11-14,17,20-21H,8-10,15-16H2,1H3,(H,24,26)(H,25,27). The van der Waals surface area contributed by atoms with Crippen molar-refractivity contribution < 1.29 is 9.59 Å². The van der Waals surface area contributed by atoms with Crippen molar-refractivity contribution in [3.63, 3.8) is 0 Å². The first-order chi connectivity index (χ1) is 13.1. The molecule has 1 fully saturated rings. The lowest BCUT2D eigenvalue weighted by Gasteiger charge is -2.30. The van der Waals surface area contributed by atoms with Crippen LogP contribution in [0.2, 0.25) is 0 Å². The molecule has 2 amide bonds. The van der Waals surface area contributed by atoms with Crippen LogP contribution in [0.3, 0.4) is 0 Å². The van der Waals surface area contributed by atoms with Crippen molar-refractivity contribution >= 4 is 11.8 Å². The Balaban J connectivity index is 1.68. The molecule has 2 aromatic carbocycles. The van der Waals surface area contributed by atoms with E-state index in [2.05, 4.69) is 17.6 Å². The van der Waals surface area contributed by atoms with Crippen LogP contribution in [0.1, 0.15) is 61.0 Å². The predicted octanol–water partition coefficient (Wildman–Crippen LogP) is 4.24. The molecule has 0 radical (unpaired) electrons. The highest BCUT2D eigenvalue weighted by atomic mass is 16.2. The summed E-state index contributed by atoms with van der Waals surface area (Å²) in [6.07, 6.45) is 4.86. The maximum Gasteiger partial charge on any atom is 0.251 e. The lowest BCUT2D eigenvalue weighted by molar-refractivity contribution is -0.122. The van der Waals surface area contributed by atoms with Gasteiger partial charge in [-0.05, 0) is 36.5 Å². The van der Waals surface area contributed by atoms with Crippen LogP contribution in [0.5, 0.6) is 0 Å². The van der Waals surface area contributed by atoms with Crippen molar-refractivity contribution in [2.24, 2.45) is 5.92 Å². The van der Waals surface area contributed by atoms with E-state index in [0.29, 0.717) is 11.5 Å². The van der Waals surface area contributed by atoms with Gasteiger partial charge in [-0.2, -0.15) is 0 Å². The Hall–Kier alpha value is -2.62. The quantitative estimate of drug-likeness (QED) is 0.805. The number of rotatable bonds is 6. The predicted molar refractivity (Wildman–Crippen MR) is 107 cm³/mol. The highest BCUT2D eigenvalue weighted by Gasteiger charge is 2.25. The third-order valence-corrected chi connectivity index (χ3v) is 5.39. The van der Waals surface area contributed by atoms with Gasteiger partial charge in [-0.15, -0.1) is 0 Å². The molecule has 0 aliphatic heterocycles. The van der Waals surface area contributed by atoms with Crippen molar-refractivity contribution in [1.29, 1.82) is 0 Å². The zero-order chi connectivity index (χ0) is 19.1. The van der Waals surface area contributed by atoms with Gasteiger partial charge in [0.15, 0.2) is 0 Å². The average Bonchev–Trinajstić information content (AvgIpc) is 2.70. The summed E-state index contributed by atoms with van der Waals surface area (Å²) in [5, 5.41) is 6.22. The molecule has 0 saturated heterocycles. The zero-order valence-electron chi connectivity index (χ0n) is 15.9. The van der Waals surface area contributed by atoms with Crippen molar-refractivity contribution in [3.05, 3.63) is 71.8 Å². The highest BCUT2D eigenvalue weighted by molar-refractivity contribution is 5.94. The van der Waals surface area contributed by atoms with Crippen molar-refractivity contribution in [1.82, 2.24) is 10.6 Å². The Morgan fingerprint density at radius 1 is 0.963 bits per heavy atom. The minimum Gasteiger partial charge on any atom is -0.353 e. The summed E-state index contributed by atoms with van der Waals surface area (Å²) in [4.78, 5) is 25.3. The van der Waals surface area contributed by atoms with Gasteiger partial charge in [-0.3, -0.25) is 9.59 Å². The van der Waals surface area contributed by atoms with Crippen LogP contribution in [0.25, 0.3) is 0 Å². The SMILES string of the molecule is CC1CCCCC1NC(=O)CC(NC(=O)c1ccccc1)c1ccccc1. The molecule has 3 atom stereocenters. The third-order valence-electron chi connectivity index (χ3n) is 5.39. The molecule has 4 nitrogen and oxygen atoms in total. The van der Waals surface area contributed by atoms with Crippen LogP contribution in [0.15, 0.2) is 60.7 Å². The molecular weight excluding hydrogens is 336 g/mol. The second kappa shape index (κ2) is 9.36. The van der Waals surface area contributed by atoms with E-state index in [1.807, 2.05) is 48.5 Å². The first-order valence-corrected chi connectivity index (χ1v) is 9.83. The molecule has 1 aliphatic carbocycles. The normalized spacial score (nSPS) is 20.5. The smallest absolute Gasteiger partial charge is 0.251 e. The molecule has 142 valence electrons. The Morgan fingerprint density at radius 2 is 1.59 bits per heavy atom. The molecule has 1 saturated carbocycles. The van der Waals surface area contributed by atoms with Gasteiger partial charge < -0.3 is 10.6 Å². The van der Waals surface area contributed by atoms with Crippen LogP contribution in [-0.2, 0) is 4.79 Å². The summed E-state index contributed by atoms with van der Waals surface area (Å²) in [7, 11) is 0. The lowest BCUT2D eigenvalue weighted by Crippen LogP contribution is -2.42. The number of amides is 2. The van der Waals surface area contributed by atoms with E-state index < -0.39 is 0 Å². The van der Waals surface area contributed by atoms with Gasteiger partial charge >= 0.3 is 0 Å². The van der Waals surface area contributed by atoms with Crippen LogP contribution < -0.4 is 10.6 Å². The summed E-state index contributed by atoms with van der Waals surface area (Å²) in [6.45, 7) is 2.20. The van der Waals surface area contributed by atoms with Gasteiger partial charge in [0, 0.05) is 11.6 Å². The van der Waals surface area contributed by atoms with Crippen LogP contribution in [-0.4, -0.2) is 17.9 Å². The van der Waals surface area contributed by atoms with Crippen LogP contribution >= 0.6 is 0 Å². The first kappa shape index (κ1) is 19.2. The Morgan fingerprint density at radius 3 is 2.26 bits per heavy atom. The number of hydrogen-bond donors (Lipinski definition) is 2. The Labute approximate surface area is 161 Å². The monoisotopic (exact) mass is 364 g/mol. The third kappa shape index (κ3) is 5.43. The molecule has 0 heterocycles. The number of carbonyl (C=O) groups is 2. The molecule has 4 heteroatoms. The lowest BCUT2D eigenvalue weighted by atomic mass is 9.86. The Bertz CT molecular complexity index is 745. The molecule has 27 heavy (non-hydrogen) atoms. The average molecular weight is 364 g/mol. The van der Waals surface area contributed by atoms with Gasteiger partial charge in [0.25, 0.3) is 5.91 Å². The van der Waals surface area contributed by atoms with E-state index in [1.54, 1.807) is 12.1 Å². The Kier molecular flexibility index (Phi) is 6.64. The van der Waals surface area contributed by atoms with Crippen LogP contribution in [0, 0.1) is 5.92 Å². The first-order valence-electron chi connectivity index (χ1n) is 9.83. The molecule has 1 aliphatic rings. The second-order valence-electron chi connectivity index (χ2n) is 7.44. The fourth-order valence-corrected chi connectivity index (χ4v) is 3.75. The topological polar surface area (TPSA) is 58.2 Å². The minimum absolute atomic E-state index is 0.00374. The fourth-order valence-electron chi connectivity index (χ4n) is 3.75. The summed E-state index contributed by atoms with van der Waals surface area (Å²) in [5.74, 6) is 0.344. The van der Waals surface area contributed by atoms with E-state index in [4.69, 9.17) is 0 Å². The van der Waals surface area contributed by atoms with Crippen LogP contribution in [0.4, 0.5) is 0 Å². The van der Waals surface area contributed by atoms with Crippen molar-refractivity contribution in [3.8, 4) is 0 Å². The number of carbonyl (C=O) groups excluding carboxylic acids is 2. The molecule has 0 bridgehead atoms. The van der Waals surface area contributed by atoms with E-state index >= 15 is 0 Å². The molecule has 3 unspecified atom stereocenters. The highest BCUT2D eigenvalue weighted by Crippen LogP contribution is 2.24. The summed E-state index contributed by atoms with van der Waals surface area (Å²) in [6, 6.07) is 18.7. The van der Waals surface area contributed by atoms with Gasteiger partial charge in [-0.1, -0.05) is 68.3 Å². The molecule has 2 N–H and O–H groups in total. The maximum atomic E-state index is 12.7. The molecule has 2 aromatic rings. The maximum absolute atomic E-state index is 12.7. The number of hydrogen-bond acceptors (Lipinski definition) is 2. The number of nitrogens with one attached hydrogen (secondary N) is 2. The molecule has 0 aromatic heterocycles. The zero-order valence-corrected chi connectivity index (χ0v) is 15.9. The van der Waals surface area contributed by atoms with Gasteiger partial charge in [-0.25, -0.2) is 0 Å². The van der Waals surface area contributed by atoms with Gasteiger partial charge in [0.05, 0.1) is 12.5 Å². The van der Waals surface area contributed by atoms with Gasteiger partial charge in [0.2, 0.25) is 5.91 Å². The van der Waals surface area contributed by atoms with E-state index in [-0.39, 0.29) is 30.3 Å². The largest absolute Gasteiger partial charge is 0.353 e. The van der Waals surface area contributed by atoms with Crippen molar-refractivity contribution in [2.45, 2.75) is 51.1 Å². The fraction of sp³-hybridized carbons (Fsp3) is 0.391. The summed E-state index contributed by atoms with van der Waals surface area (Å²) in [5.41, 5.74) is 1.54. The second-order valence-corrected chi connectivity index (χ2v) is 7.44. The number of benzene rings is 2. The minimum atomic E-state index is -0.349. The van der Waals surface area contributed by atoms with Crippen molar-refractivity contribution in [2.75, 3.05) is 0 Å². The van der Waals surface area contributed by atoms with E-state index in [1.165, 1.54) is 12.8 Å². The molecule has 0 spiro atoms. The summed E-state index contributed by atoms with van der Waals surface area (Å²) < 4.78 is 0. The molecular formula is C23H28N2O2. The molecule has 3 rings (SSSR count). The van der Waals surface area contributed by atoms with E-state index in [0.717, 1.165) is 18.4 Å². The van der Waals surface area contributed by atoms with Gasteiger partial charge in [0.1, 0.15) is 0 Å². The summed E-state index contributed by atoms with van der Waals surface area (Å²) >= 11 is 0.